The summed E-state index contributed by atoms with van der Waals surface area (Å²) in [5.74, 6) is 8.06. The molecule has 0 bridgehead atoms. The molecule has 0 aromatic carbocycles. The van der Waals surface area contributed by atoms with Crippen LogP contribution in [0.5, 0.6) is 0 Å². The summed E-state index contributed by atoms with van der Waals surface area (Å²) in [6.07, 6.45) is 14.1. The van der Waals surface area contributed by atoms with Gasteiger partial charge < -0.3 is 14.7 Å². The lowest BCUT2D eigenvalue weighted by atomic mass is 9.90. The van der Waals surface area contributed by atoms with Gasteiger partial charge in [0.1, 0.15) is 6.61 Å². The van der Waals surface area contributed by atoms with Crippen LogP contribution in [-0.2, 0) is 9.53 Å². The smallest absolute Gasteiger partial charge is 0.305 e. The molecule has 0 saturated heterocycles. The predicted octanol–water partition coefficient (Wildman–Crippen LogP) is 4.59. The van der Waals surface area contributed by atoms with Gasteiger partial charge in [0.25, 0.3) is 0 Å². The Balaban J connectivity index is 1.72. The molecule has 2 saturated carbocycles. The van der Waals surface area contributed by atoms with Crippen LogP contribution in [0.15, 0.2) is 23.8 Å². The molecule has 4 heteroatoms. The van der Waals surface area contributed by atoms with Gasteiger partial charge in [0.15, 0.2) is 0 Å². The second-order valence-corrected chi connectivity index (χ2v) is 9.39. The van der Waals surface area contributed by atoms with E-state index in [4.69, 9.17) is 4.74 Å². The van der Waals surface area contributed by atoms with E-state index in [0.29, 0.717) is 30.8 Å². The maximum atomic E-state index is 11.8. The Morgan fingerprint density at radius 3 is 2.90 bits per heavy atom. The minimum Gasteiger partial charge on any atom is -0.464 e. The number of unbranched alkanes of at least 4 members (excludes halogenated alkanes) is 1. The third-order valence-electron chi connectivity index (χ3n) is 6.45. The molecule has 1 unspecified atom stereocenters. The number of esters is 1. The highest BCUT2D eigenvalue weighted by atomic mass is 16.5. The SMILES string of the molecule is CC#CCC(C)C/C=C/[C@@H]1[C@H]2C/C(=C/CCCC(=O)OCCN(C)C)C[C@H]2C[C@H]1O. The number of nitrogens with zero attached hydrogens (tertiary/aromatic N) is 1. The molecule has 0 aromatic heterocycles. The summed E-state index contributed by atoms with van der Waals surface area (Å²) in [5.41, 5.74) is 1.52. The van der Waals surface area contributed by atoms with Crippen LogP contribution in [-0.4, -0.2) is 49.3 Å². The molecule has 5 atom stereocenters. The number of hydrogen-bond donors (Lipinski definition) is 1. The average Bonchev–Trinajstić information content (AvgIpc) is 3.20. The summed E-state index contributed by atoms with van der Waals surface area (Å²) < 4.78 is 5.24. The van der Waals surface area contributed by atoms with Gasteiger partial charge in [-0.05, 0) is 77.3 Å². The van der Waals surface area contributed by atoms with Crippen molar-refractivity contribution in [2.75, 3.05) is 27.2 Å². The van der Waals surface area contributed by atoms with E-state index < -0.39 is 0 Å². The fourth-order valence-corrected chi connectivity index (χ4v) is 4.73. The van der Waals surface area contributed by atoms with Gasteiger partial charge in [0, 0.05) is 25.3 Å². The number of carbonyl (C=O) groups excluding carboxylic acids is 1. The first-order valence-corrected chi connectivity index (χ1v) is 11.6. The van der Waals surface area contributed by atoms with Crippen molar-refractivity contribution in [3.05, 3.63) is 23.8 Å². The third kappa shape index (κ3) is 8.28. The maximum Gasteiger partial charge on any atom is 0.305 e. The normalized spacial score (nSPS) is 28.0. The molecule has 0 heterocycles. The highest BCUT2D eigenvalue weighted by Crippen LogP contribution is 2.50. The molecule has 4 nitrogen and oxygen atoms in total. The fraction of sp³-hybridized carbons (Fsp3) is 0.731. The number of likely N-dealkylation sites (N-methyl/N-ethyl adjacent to an activating group) is 1. The molecule has 2 aliphatic carbocycles. The number of carbonyl (C=O) groups is 1. The van der Waals surface area contributed by atoms with Crippen LogP contribution in [0.2, 0.25) is 0 Å². The van der Waals surface area contributed by atoms with Crippen LogP contribution in [0.4, 0.5) is 0 Å². The van der Waals surface area contributed by atoms with Gasteiger partial charge in [-0.1, -0.05) is 30.7 Å². The standard InChI is InChI=1S/C26H41NO3/c1-5-6-10-20(2)11-9-13-23-24-18-21(17-22(24)19-25(23)28)12-7-8-14-26(29)30-16-15-27(3)4/h9,12-13,20,22-25,28H,7-8,10-11,14-19H2,1-4H3/b13-9+,21-12+/t20?,22-,23+,24-,25+/m0/s1. The molecular formula is C26H41NO3. The molecule has 0 radical (unpaired) electrons. The summed E-state index contributed by atoms with van der Waals surface area (Å²) in [6, 6.07) is 0. The molecular weight excluding hydrogens is 374 g/mol. The second kappa shape index (κ2) is 13.0. The Morgan fingerprint density at radius 2 is 2.17 bits per heavy atom. The van der Waals surface area contributed by atoms with Crippen molar-refractivity contribution >= 4 is 5.97 Å². The first kappa shape index (κ1) is 24.7. The quantitative estimate of drug-likeness (QED) is 0.232. The number of ether oxygens (including phenoxy) is 1. The van der Waals surface area contributed by atoms with Gasteiger partial charge in [0.05, 0.1) is 6.10 Å². The van der Waals surface area contributed by atoms with Gasteiger partial charge in [-0.25, -0.2) is 0 Å². The monoisotopic (exact) mass is 415 g/mol. The van der Waals surface area contributed by atoms with Crippen LogP contribution in [0.3, 0.4) is 0 Å². The molecule has 0 aliphatic heterocycles. The van der Waals surface area contributed by atoms with Crippen molar-refractivity contribution in [2.45, 2.75) is 71.3 Å². The number of aliphatic hydroxyl groups excluding tert-OH is 1. The first-order valence-electron chi connectivity index (χ1n) is 11.6. The topological polar surface area (TPSA) is 49.8 Å². The van der Waals surface area contributed by atoms with Gasteiger partial charge in [-0.2, -0.15) is 0 Å². The summed E-state index contributed by atoms with van der Waals surface area (Å²) in [7, 11) is 3.94. The summed E-state index contributed by atoms with van der Waals surface area (Å²) in [5, 5.41) is 10.5. The fourth-order valence-electron chi connectivity index (χ4n) is 4.73. The van der Waals surface area contributed by atoms with Crippen LogP contribution in [0.1, 0.15) is 65.2 Å². The minimum absolute atomic E-state index is 0.0917. The lowest BCUT2D eigenvalue weighted by Gasteiger charge is -2.17. The van der Waals surface area contributed by atoms with E-state index in [-0.39, 0.29) is 18.0 Å². The molecule has 0 amide bonds. The van der Waals surface area contributed by atoms with Gasteiger partial charge >= 0.3 is 5.97 Å². The number of fused-ring (bicyclic) bond motifs is 1. The van der Waals surface area contributed by atoms with Crippen LogP contribution >= 0.6 is 0 Å². The van der Waals surface area contributed by atoms with E-state index in [9.17, 15) is 9.90 Å². The van der Waals surface area contributed by atoms with Crippen molar-refractivity contribution in [3.8, 4) is 11.8 Å². The van der Waals surface area contributed by atoms with Crippen LogP contribution in [0.25, 0.3) is 0 Å². The molecule has 2 rings (SSSR count). The largest absolute Gasteiger partial charge is 0.464 e. The Kier molecular flexibility index (Phi) is 10.7. The first-order chi connectivity index (χ1) is 14.4. The zero-order valence-electron chi connectivity index (χ0n) is 19.4. The number of rotatable bonds is 11. The lowest BCUT2D eigenvalue weighted by Crippen LogP contribution is -2.20. The summed E-state index contributed by atoms with van der Waals surface area (Å²) >= 11 is 0. The van der Waals surface area contributed by atoms with Crippen LogP contribution in [0, 0.1) is 35.5 Å². The Bertz CT molecular complexity index is 655. The van der Waals surface area contributed by atoms with Crippen molar-refractivity contribution in [3.63, 3.8) is 0 Å². The lowest BCUT2D eigenvalue weighted by molar-refractivity contribution is -0.144. The van der Waals surface area contributed by atoms with Crippen molar-refractivity contribution in [1.29, 1.82) is 0 Å². The molecule has 168 valence electrons. The van der Waals surface area contributed by atoms with E-state index in [0.717, 1.165) is 51.5 Å². The van der Waals surface area contributed by atoms with Gasteiger partial charge in [-0.15, -0.1) is 11.8 Å². The number of aliphatic hydroxyl groups is 1. The zero-order chi connectivity index (χ0) is 21.9. The van der Waals surface area contributed by atoms with Crippen LogP contribution < -0.4 is 0 Å². The molecule has 30 heavy (non-hydrogen) atoms. The zero-order valence-corrected chi connectivity index (χ0v) is 19.4. The summed E-state index contributed by atoms with van der Waals surface area (Å²) in [6.45, 7) is 5.36. The second-order valence-electron chi connectivity index (χ2n) is 9.39. The van der Waals surface area contributed by atoms with Gasteiger partial charge in [0.2, 0.25) is 0 Å². The maximum absolute atomic E-state index is 11.8. The highest BCUT2D eigenvalue weighted by molar-refractivity contribution is 5.69. The van der Waals surface area contributed by atoms with E-state index in [1.807, 2.05) is 25.9 Å². The highest BCUT2D eigenvalue weighted by Gasteiger charge is 2.44. The van der Waals surface area contributed by atoms with E-state index in [1.54, 1.807) is 0 Å². The van der Waals surface area contributed by atoms with Crippen molar-refractivity contribution in [2.24, 2.45) is 23.7 Å². The third-order valence-corrected chi connectivity index (χ3v) is 6.45. The van der Waals surface area contributed by atoms with E-state index >= 15 is 0 Å². The van der Waals surface area contributed by atoms with E-state index in [2.05, 4.69) is 37.0 Å². The molecule has 2 aliphatic rings. The summed E-state index contributed by atoms with van der Waals surface area (Å²) in [4.78, 5) is 13.8. The van der Waals surface area contributed by atoms with E-state index in [1.165, 1.54) is 5.57 Å². The number of allylic oxidation sites excluding steroid dienone is 3. The molecule has 1 N–H and O–H groups in total. The van der Waals surface area contributed by atoms with Crippen molar-refractivity contribution in [1.82, 2.24) is 4.90 Å². The molecule has 0 spiro atoms. The minimum atomic E-state index is -0.194. The number of hydrogen-bond acceptors (Lipinski definition) is 4. The average molecular weight is 416 g/mol. The van der Waals surface area contributed by atoms with Crippen molar-refractivity contribution < 1.29 is 14.6 Å². The molecule has 2 fully saturated rings. The Morgan fingerprint density at radius 1 is 1.37 bits per heavy atom. The Hall–Kier alpha value is -1.57. The predicted molar refractivity (Wildman–Crippen MR) is 123 cm³/mol. The molecule has 0 aromatic rings. The van der Waals surface area contributed by atoms with Gasteiger partial charge in [-0.3, -0.25) is 4.79 Å². The Labute approximate surface area is 183 Å².